The maximum atomic E-state index is 13.7. The van der Waals surface area contributed by atoms with E-state index < -0.39 is 12.0 Å². The van der Waals surface area contributed by atoms with Gasteiger partial charge in [-0.25, -0.2) is 9.79 Å². The van der Waals surface area contributed by atoms with Crippen LogP contribution in [0.2, 0.25) is 0 Å². The average molecular weight is 571 g/mol. The molecule has 0 amide bonds. The topological polar surface area (TPSA) is 79.1 Å². The fraction of sp³-hybridized carbons (Fsp3) is 0.296. The summed E-state index contributed by atoms with van der Waals surface area (Å²) in [4.78, 5) is 31.9. The Labute approximate surface area is 221 Å². The number of thiazole rings is 1. The fourth-order valence-electron chi connectivity index (χ4n) is 4.01. The Morgan fingerprint density at radius 2 is 1.89 bits per heavy atom. The van der Waals surface area contributed by atoms with Crippen molar-refractivity contribution in [3.63, 3.8) is 0 Å². The third-order valence-electron chi connectivity index (χ3n) is 5.57. The SMILES string of the molecule is CCOC(=O)C1=C(C)N=c2s/c(=C\c3cc(OC)ccc3Br)c(=O)n2[C@@H]1c1ccc(OC(C)C)cc1. The highest BCUT2D eigenvalue weighted by molar-refractivity contribution is 9.10. The highest BCUT2D eigenvalue weighted by Gasteiger charge is 2.33. The molecule has 9 heteroatoms. The molecule has 4 rings (SSSR count). The zero-order chi connectivity index (χ0) is 26.0. The Bertz CT molecular complexity index is 1500. The molecule has 0 unspecified atom stereocenters. The molecule has 0 saturated carbocycles. The number of fused-ring (bicyclic) bond motifs is 1. The molecule has 0 spiro atoms. The van der Waals surface area contributed by atoms with Crippen LogP contribution in [0.15, 0.2) is 68.0 Å². The number of aromatic nitrogens is 1. The van der Waals surface area contributed by atoms with Crippen LogP contribution in [0.5, 0.6) is 11.5 Å². The van der Waals surface area contributed by atoms with Crippen molar-refractivity contribution < 1.29 is 19.0 Å². The summed E-state index contributed by atoms with van der Waals surface area (Å²) in [5, 5.41) is 0. The highest BCUT2D eigenvalue weighted by Crippen LogP contribution is 2.32. The summed E-state index contributed by atoms with van der Waals surface area (Å²) in [7, 11) is 1.60. The van der Waals surface area contributed by atoms with E-state index in [1.807, 2.05) is 56.3 Å². The highest BCUT2D eigenvalue weighted by atomic mass is 79.9. The zero-order valence-electron chi connectivity index (χ0n) is 20.7. The molecule has 3 aromatic rings. The van der Waals surface area contributed by atoms with Gasteiger partial charge in [0.1, 0.15) is 11.5 Å². The number of allylic oxidation sites excluding steroid dienone is 1. The maximum Gasteiger partial charge on any atom is 0.338 e. The van der Waals surface area contributed by atoms with Crippen LogP contribution in [0.3, 0.4) is 0 Å². The van der Waals surface area contributed by atoms with E-state index in [4.69, 9.17) is 14.2 Å². The van der Waals surface area contributed by atoms with Crippen molar-refractivity contribution in [1.82, 2.24) is 4.57 Å². The summed E-state index contributed by atoms with van der Waals surface area (Å²) < 4.78 is 19.4. The van der Waals surface area contributed by atoms with Crippen LogP contribution >= 0.6 is 27.3 Å². The van der Waals surface area contributed by atoms with Gasteiger partial charge in [-0.05, 0) is 75.2 Å². The van der Waals surface area contributed by atoms with Crippen LogP contribution in [0.1, 0.15) is 44.9 Å². The van der Waals surface area contributed by atoms with Gasteiger partial charge in [0.15, 0.2) is 4.80 Å². The van der Waals surface area contributed by atoms with Crippen LogP contribution in [0, 0.1) is 0 Å². The van der Waals surface area contributed by atoms with E-state index in [2.05, 4.69) is 20.9 Å². The molecule has 0 saturated heterocycles. The van der Waals surface area contributed by atoms with Crippen LogP contribution in [-0.4, -0.2) is 30.4 Å². The molecule has 188 valence electrons. The van der Waals surface area contributed by atoms with Gasteiger partial charge in [-0.1, -0.05) is 39.4 Å². The number of halogens is 1. The quantitative estimate of drug-likeness (QED) is 0.394. The maximum absolute atomic E-state index is 13.7. The first-order chi connectivity index (χ1) is 17.2. The van der Waals surface area contributed by atoms with E-state index >= 15 is 0 Å². The van der Waals surface area contributed by atoms with Crippen molar-refractivity contribution in [2.75, 3.05) is 13.7 Å². The molecule has 2 aromatic carbocycles. The first-order valence-corrected chi connectivity index (χ1v) is 13.1. The summed E-state index contributed by atoms with van der Waals surface area (Å²) >= 11 is 4.82. The Morgan fingerprint density at radius 1 is 1.19 bits per heavy atom. The first kappa shape index (κ1) is 25.9. The number of nitrogens with zero attached hydrogens (tertiary/aromatic N) is 2. The second-order valence-electron chi connectivity index (χ2n) is 8.43. The lowest BCUT2D eigenvalue weighted by Gasteiger charge is -2.25. The Morgan fingerprint density at radius 3 is 2.53 bits per heavy atom. The normalized spacial score (nSPS) is 15.5. The van der Waals surface area contributed by atoms with Crippen LogP contribution in [0.25, 0.3) is 6.08 Å². The van der Waals surface area contributed by atoms with Crippen molar-refractivity contribution in [3.8, 4) is 11.5 Å². The second kappa shape index (κ2) is 10.8. The number of hydrogen-bond donors (Lipinski definition) is 0. The summed E-state index contributed by atoms with van der Waals surface area (Å²) in [6.07, 6.45) is 1.83. The van der Waals surface area contributed by atoms with E-state index in [9.17, 15) is 9.59 Å². The first-order valence-electron chi connectivity index (χ1n) is 11.5. The van der Waals surface area contributed by atoms with Gasteiger partial charge < -0.3 is 14.2 Å². The number of esters is 1. The van der Waals surface area contributed by atoms with Crippen molar-refractivity contribution >= 4 is 39.3 Å². The lowest BCUT2D eigenvalue weighted by Crippen LogP contribution is -2.39. The van der Waals surface area contributed by atoms with Gasteiger partial charge in [-0.3, -0.25) is 9.36 Å². The average Bonchev–Trinajstić information content (AvgIpc) is 3.14. The largest absolute Gasteiger partial charge is 0.497 e. The van der Waals surface area contributed by atoms with E-state index in [0.717, 1.165) is 15.6 Å². The van der Waals surface area contributed by atoms with Crippen LogP contribution in [-0.2, 0) is 9.53 Å². The summed E-state index contributed by atoms with van der Waals surface area (Å²) in [6.45, 7) is 7.65. The van der Waals surface area contributed by atoms with Gasteiger partial charge in [-0.15, -0.1) is 0 Å². The molecule has 0 fully saturated rings. The third-order valence-corrected chi connectivity index (χ3v) is 7.28. The third kappa shape index (κ3) is 5.17. The minimum absolute atomic E-state index is 0.0293. The van der Waals surface area contributed by atoms with Crippen LogP contribution < -0.4 is 24.4 Å². The van der Waals surface area contributed by atoms with Crippen LogP contribution in [0.4, 0.5) is 0 Å². The fourth-order valence-corrected chi connectivity index (χ4v) is 5.41. The van der Waals surface area contributed by atoms with Crippen molar-refractivity contribution in [1.29, 1.82) is 0 Å². The summed E-state index contributed by atoms with van der Waals surface area (Å²) in [5.41, 5.74) is 2.19. The number of ether oxygens (including phenoxy) is 3. The number of rotatable bonds is 7. The van der Waals surface area contributed by atoms with E-state index in [1.165, 1.54) is 11.3 Å². The number of benzene rings is 2. The van der Waals surface area contributed by atoms with Gasteiger partial charge in [-0.2, -0.15) is 0 Å². The molecule has 1 aliphatic rings. The molecule has 0 N–H and O–H groups in total. The lowest BCUT2D eigenvalue weighted by atomic mass is 9.96. The molecule has 0 aliphatic carbocycles. The van der Waals surface area contributed by atoms with E-state index in [1.54, 1.807) is 31.6 Å². The Balaban J connectivity index is 1.91. The van der Waals surface area contributed by atoms with Gasteiger partial charge in [0.2, 0.25) is 0 Å². The molecule has 0 radical (unpaired) electrons. The Hall–Kier alpha value is -3.17. The zero-order valence-corrected chi connectivity index (χ0v) is 23.1. The van der Waals surface area contributed by atoms with Crippen molar-refractivity contribution in [2.24, 2.45) is 4.99 Å². The van der Waals surface area contributed by atoms with E-state index in [-0.39, 0.29) is 18.3 Å². The molecular formula is C27H27BrN2O5S. The van der Waals surface area contributed by atoms with Crippen molar-refractivity contribution in [2.45, 2.75) is 39.8 Å². The number of hydrogen-bond acceptors (Lipinski definition) is 7. The Kier molecular flexibility index (Phi) is 7.80. The molecule has 1 aliphatic heterocycles. The van der Waals surface area contributed by atoms with Crippen molar-refractivity contribution in [3.05, 3.63) is 89.0 Å². The molecule has 0 bridgehead atoms. The van der Waals surface area contributed by atoms with Gasteiger partial charge in [0, 0.05) is 4.47 Å². The molecule has 7 nitrogen and oxygen atoms in total. The minimum Gasteiger partial charge on any atom is -0.497 e. The molecule has 2 heterocycles. The lowest BCUT2D eigenvalue weighted by molar-refractivity contribution is -0.139. The number of carbonyl (C=O) groups is 1. The van der Waals surface area contributed by atoms with Gasteiger partial charge >= 0.3 is 5.97 Å². The smallest absolute Gasteiger partial charge is 0.338 e. The molecule has 1 atom stereocenters. The summed E-state index contributed by atoms with van der Waals surface area (Å²) in [5.74, 6) is 0.901. The predicted octanol–water partition coefficient (Wildman–Crippen LogP) is 4.36. The molecule has 1 aromatic heterocycles. The van der Waals surface area contributed by atoms with E-state index in [0.29, 0.717) is 32.1 Å². The monoisotopic (exact) mass is 570 g/mol. The number of methoxy groups -OCH3 is 1. The minimum atomic E-state index is -0.677. The summed E-state index contributed by atoms with van der Waals surface area (Å²) in [6, 6.07) is 12.3. The predicted molar refractivity (Wildman–Crippen MR) is 143 cm³/mol. The number of carbonyl (C=O) groups excluding carboxylic acids is 1. The molecule has 36 heavy (non-hydrogen) atoms. The standard InChI is InChI=1S/C27H27BrN2O5S/c1-6-34-26(32)23-16(4)29-27-30(24(23)17-7-9-19(10-8-17)35-15(2)3)25(31)22(36-27)14-18-13-20(33-5)11-12-21(18)28/h7-15,24H,6H2,1-5H3/b22-14-/t24-/m1/s1. The van der Waals surface area contributed by atoms with Gasteiger partial charge in [0.05, 0.1) is 41.7 Å². The molecular weight excluding hydrogens is 544 g/mol. The second-order valence-corrected chi connectivity index (χ2v) is 10.3. The van der Waals surface area contributed by atoms with Gasteiger partial charge in [0.25, 0.3) is 5.56 Å².